The summed E-state index contributed by atoms with van der Waals surface area (Å²) in [5, 5.41) is 0. The Labute approximate surface area is 164 Å². The van der Waals surface area contributed by atoms with Crippen molar-refractivity contribution in [3.63, 3.8) is 0 Å². The highest BCUT2D eigenvalue weighted by atomic mass is 19.1. The van der Waals surface area contributed by atoms with E-state index in [1.807, 2.05) is 0 Å². The standard InChI is InChI=1S/C22H23FN2O3/c1-2-11-25(16-20-6-4-13-28-20)22(27)18-5-3-12-24(15-18)21(26)14-17-7-9-19(23)10-8-17/h1,4,6-10,13,18H,3,5,11-12,14-16H2. The Morgan fingerprint density at radius 3 is 2.75 bits per heavy atom. The molecule has 5 nitrogen and oxygen atoms in total. The Kier molecular flexibility index (Phi) is 6.49. The molecule has 1 aliphatic heterocycles. The Hall–Kier alpha value is -3.07. The number of amides is 2. The third-order valence-electron chi connectivity index (χ3n) is 4.91. The lowest BCUT2D eigenvalue weighted by molar-refractivity contribution is -0.140. The minimum absolute atomic E-state index is 0.0568. The van der Waals surface area contributed by atoms with Crippen molar-refractivity contribution in [3.8, 4) is 12.3 Å². The normalized spacial score (nSPS) is 16.4. The largest absolute Gasteiger partial charge is 0.467 e. The van der Waals surface area contributed by atoms with E-state index in [-0.39, 0.29) is 36.5 Å². The maximum atomic E-state index is 13.0. The second-order valence-corrected chi connectivity index (χ2v) is 6.96. The number of hydrogen-bond donors (Lipinski definition) is 0. The molecule has 1 unspecified atom stereocenters. The maximum absolute atomic E-state index is 13.0. The number of benzene rings is 1. The second-order valence-electron chi connectivity index (χ2n) is 6.96. The molecule has 2 aromatic rings. The van der Waals surface area contributed by atoms with Crippen LogP contribution in [0.4, 0.5) is 4.39 Å². The SMILES string of the molecule is C#CCN(Cc1ccco1)C(=O)C1CCCN(C(=O)Cc2ccc(F)cc2)C1. The summed E-state index contributed by atoms with van der Waals surface area (Å²) in [6.07, 6.45) is 8.67. The van der Waals surface area contributed by atoms with Gasteiger partial charge in [-0.3, -0.25) is 9.59 Å². The zero-order valence-electron chi connectivity index (χ0n) is 15.6. The van der Waals surface area contributed by atoms with Gasteiger partial charge in [-0.2, -0.15) is 0 Å². The number of piperidine rings is 1. The van der Waals surface area contributed by atoms with Gasteiger partial charge in [0.25, 0.3) is 0 Å². The van der Waals surface area contributed by atoms with Crippen molar-refractivity contribution in [2.75, 3.05) is 19.6 Å². The van der Waals surface area contributed by atoms with Crippen molar-refractivity contribution >= 4 is 11.8 Å². The minimum Gasteiger partial charge on any atom is -0.467 e. The number of halogens is 1. The molecule has 1 atom stereocenters. The molecule has 2 heterocycles. The van der Waals surface area contributed by atoms with E-state index in [1.54, 1.807) is 40.3 Å². The van der Waals surface area contributed by atoms with Gasteiger partial charge in [-0.1, -0.05) is 18.1 Å². The molecule has 1 aromatic heterocycles. The summed E-state index contributed by atoms with van der Waals surface area (Å²) in [5.74, 6) is 2.46. The predicted octanol–water partition coefficient (Wildman–Crippen LogP) is 2.86. The van der Waals surface area contributed by atoms with E-state index in [0.29, 0.717) is 25.4 Å². The van der Waals surface area contributed by atoms with Gasteiger partial charge in [-0.05, 0) is 42.7 Å². The van der Waals surface area contributed by atoms with Crippen molar-refractivity contribution in [2.45, 2.75) is 25.8 Å². The number of furan rings is 1. The van der Waals surface area contributed by atoms with Gasteiger partial charge in [0.15, 0.2) is 0 Å². The van der Waals surface area contributed by atoms with Crippen molar-refractivity contribution in [3.05, 3.63) is 59.8 Å². The number of hydrogen-bond acceptors (Lipinski definition) is 3. The van der Waals surface area contributed by atoms with Crippen molar-refractivity contribution in [2.24, 2.45) is 5.92 Å². The topological polar surface area (TPSA) is 53.8 Å². The number of rotatable bonds is 6. The average molecular weight is 382 g/mol. The van der Waals surface area contributed by atoms with E-state index in [9.17, 15) is 14.0 Å². The first kappa shape index (κ1) is 19.7. The Morgan fingerprint density at radius 2 is 2.07 bits per heavy atom. The molecular weight excluding hydrogens is 359 g/mol. The monoisotopic (exact) mass is 382 g/mol. The van der Waals surface area contributed by atoms with Gasteiger partial charge < -0.3 is 14.2 Å². The molecule has 2 amide bonds. The van der Waals surface area contributed by atoms with E-state index in [0.717, 1.165) is 18.4 Å². The highest BCUT2D eigenvalue weighted by molar-refractivity contribution is 5.82. The fraction of sp³-hybridized carbons (Fsp3) is 0.364. The van der Waals surface area contributed by atoms with E-state index in [4.69, 9.17) is 10.8 Å². The summed E-state index contributed by atoms with van der Waals surface area (Å²) < 4.78 is 18.4. The Morgan fingerprint density at radius 1 is 1.29 bits per heavy atom. The fourth-order valence-electron chi connectivity index (χ4n) is 3.46. The molecule has 6 heteroatoms. The van der Waals surface area contributed by atoms with Crippen molar-refractivity contribution in [1.82, 2.24) is 9.80 Å². The first-order chi connectivity index (χ1) is 13.6. The highest BCUT2D eigenvalue weighted by Crippen LogP contribution is 2.21. The highest BCUT2D eigenvalue weighted by Gasteiger charge is 2.31. The minimum atomic E-state index is -0.329. The smallest absolute Gasteiger partial charge is 0.228 e. The van der Waals surface area contributed by atoms with Crippen LogP contribution in [0.15, 0.2) is 47.1 Å². The Bertz CT molecular complexity index is 840. The molecule has 0 spiro atoms. The molecular formula is C22H23FN2O3. The predicted molar refractivity (Wildman–Crippen MR) is 102 cm³/mol. The van der Waals surface area contributed by atoms with Crippen molar-refractivity contribution in [1.29, 1.82) is 0 Å². The van der Waals surface area contributed by atoms with Crippen molar-refractivity contribution < 1.29 is 18.4 Å². The molecule has 1 aromatic carbocycles. The Balaban J connectivity index is 1.62. The zero-order valence-corrected chi connectivity index (χ0v) is 15.6. The molecule has 1 fully saturated rings. The molecule has 3 rings (SSSR count). The van der Waals surface area contributed by atoms with Crippen LogP contribution in [0.2, 0.25) is 0 Å². The summed E-state index contributed by atoms with van der Waals surface area (Å²) in [5.41, 5.74) is 0.756. The van der Waals surface area contributed by atoms with Gasteiger partial charge in [0.2, 0.25) is 11.8 Å². The summed E-state index contributed by atoms with van der Waals surface area (Å²) >= 11 is 0. The van der Waals surface area contributed by atoms with Gasteiger partial charge in [0.1, 0.15) is 11.6 Å². The third kappa shape index (κ3) is 5.01. The molecule has 28 heavy (non-hydrogen) atoms. The lowest BCUT2D eigenvalue weighted by Crippen LogP contribution is -2.47. The van der Waals surface area contributed by atoms with Crippen LogP contribution in [0.1, 0.15) is 24.2 Å². The van der Waals surface area contributed by atoms with E-state index < -0.39 is 0 Å². The van der Waals surface area contributed by atoms with Gasteiger partial charge >= 0.3 is 0 Å². The molecule has 0 radical (unpaired) electrons. The van der Waals surface area contributed by atoms with Crippen LogP contribution < -0.4 is 0 Å². The first-order valence-electron chi connectivity index (χ1n) is 9.33. The summed E-state index contributed by atoms with van der Waals surface area (Å²) in [4.78, 5) is 28.9. The quantitative estimate of drug-likeness (QED) is 0.722. The van der Waals surface area contributed by atoms with Crippen LogP contribution in [0, 0.1) is 24.1 Å². The molecule has 0 N–H and O–H groups in total. The van der Waals surface area contributed by atoms with Gasteiger partial charge in [0, 0.05) is 13.1 Å². The summed E-state index contributed by atoms with van der Waals surface area (Å²) in [6, 6.07) is 9.48. The van der Waals surface area contributed by atoms with Crippen LogP contribution >= 0.6 is 0 Å². The lowest BCUT2D eigenvalue weighted by Gasteiger charge is -2.34. The average Bonchev–Trinajstić information content (AvgIpc) is 3.22. The van der Waals surface area contributed by atoms with E-state index in [1.165, 1.54) is 12.1 Å². The number of nitrogens with zero attached hydrogens (tertiary/aromatic N) is 2. The van der Waals surface area contributed by atoms with E-state index >= 15 is 0 Å². The van der Waals surface area contributed by atoms with E-state index in [2.05, 4.69) is 5.92 Å². The first-order valence-corrected chi connectivity index (χ1v) is 9.33. The third-order valence-corrected chi connectivity index (χ3v) is 4.91. The zero-order chi connectivity index (χ0) is 19.9. The van der Waals surface area contributed by atoms with Crippen LogP contribution in [0.25, 0.3) is 0 Å². The molecule has 1 aliphatic rings. The number of carbonyl (C=O) groups excluding carboxylic acids is 2. The van der Waals surface area contributed by atoms with Crippen LogP contribution in [0.3, 0.4) is 0 Å². The summed E-state index contributed by atoms with van der Waals surface area (Å²) in [7, 11) is 0. The maximum Gasteiger partial charge on any atom is 0.228 e. The van der Waals surface area contributed by atoms with Crippen LogP contribution in [-0.2, 0) is 22.6 Å². The second kappa shape index (κ2) is 9.23. The molecule has 0 bridgehead atoms. The number of carbonyl (C=O) groups is 2. The van der Waals surface area contributed by atoms with Crippen LogP contribution in [0.5, 0.6) is 0 Å². The molecule has 146 valence electrons. The van der Waals surface area contributed by atoms with Crippen LogP contribution in [-0.4, -0.2) is 41.2 Å². The molecule has 0 aliphatic carbocycles. The molecule has 1 saturated heterocycles. The van der Waals surface area contributed by atoms with Gasteiger partial charge in [0.05, 0.1) is 31.7 Å². The lowest BCUT2D eigenvalue weighted by atomic mass is 9.95. The van der Waals surface area contributed by atoms with Gasteiger partial charge in [-0.15, -0.1) is 6.42 Å². The fourth-order valence-corrected chi connectivity index (χ4v) is 3.46. The summed E-state index contributed by atoms with van der Waals surface area (Å²) in [6.45, 7) is 1.50. The molecule has 0 saturated carbocycles. The van der Waals surface area contributed by atoms with Gasteiger partial charge in [-0.25, -0.2) is 4.39 Å². The number of terminal acetylenes is 1. The number of likely N-dealkylation sites (tertiary alicyclic amines) is 1.